The smallest absolute Gasteiger partial charge is 0.273 e. The molecule has 3 heterocycles. The van der Waals surface area contributed by atoms with Gasteiger partial charge in [0.2, 0.25) is 0 Å². The minimum absolute atomic E-state index is 0.0472. The second kappa shape index (κ2) is 9.12. The van der Waals surface area contributed by atoms with Gasteiger partial charge in [0.15, 0.2) is 0 Å². The van der Waals surface area contributed by atoms with Gasteiger partial charge in [-0.25, -0.2) is 0 Å². The van der Waals surface area contributed by atoms with Crippen molar-refractivity contribution in [2.45, 2.75) is 32.2 Å². The van der Waals surface area contributed by atoms with Gasteiger partial charge in [0.05, 0.1) is 21.5 Å². The molecule has 8 nitrogen and oxygen atoms in total. The summed E-state index contributed by atoms with van der Waals surface area (Å²) in [5, 5.41) is 21.7. The van der Waals surface area contributed by atoms with Crippen LogP contribution in [0.1, 0.15) is 31.2 Å². The van der Waals surface area contributed by atoms with Crippen molar-refractivity contribution in [3.05, 3.63) is 80.6 Å². The van der Waals surface area contributed by atoms with Gasteiger partial charge in [-0.2, -0.15) is 5.26 Å². The number of para-hydroxylation sites is 1. The number of hydrogen-bond donors (Lipinski definition) is 0. The summed E-state index contributed by atoms with van der Waals surface area (Å²) in [7, 11) is 0. The number of nitro benzene ring substituents is 1. The molecular formula is C26H25N5O3. The maximum Gasteiger partial charge on any atom is 0.273 e. The van der Waals surface area contributed by atoms with Gasteiger partial charge >= 0.3 is 0 Å². The first-order chi connectivity index (χ1) is 16.6. The highest BCUT2D eigenvalue weighted by Crippen LogP contribution is 2.31. The molecule has 34 heavy (non-hydrogen) atoms. The Morgan fingerprint density at radius 1 is 0.971 bits per heavy atom. The lowest BCUT2D eigenvalue weighted by atomic mass is 10.1. The van der Waals surface area contributed by atoms with E-state index in [-0.39, 0.29) is 11.3 Å². The van der Waals surface area contributed by atoms with Crippen molar-refractivity contribution < 1.29 is 4.92 Å². The van der Waals surface area contributed by atoms with Crippen LogP contribution in [0, 0.1) is 21.4 Å². The van der Waals surface area contributed by atoms with Gasteiger partial charge in [0.1, 0.15) is 11.6 Å². The second-order valence-electron chi connectivity index (χ2n) is 8.74. The highest BCUT2D eigenvalue weighted by Gasteiger charge is 2.20. The third-order valence-electron chi connectivity index (χ3n) is 6.67. The molecule has 0 atom stereocenters. The van der Waals surface area contributed by atoms with Crippen LogP contribution in [0.15, 0.2) is 59.4 Å². The van der Waals surface area contributed by atoms with Crippen LogP contribution in [-0.2, 0) is 6.54 Å². The van der Waals surface area contributed by atoms with Gasteiger partial charge in [0.25, 0.3) is 11.2 Å². The molecule has 0 radical (unpaired) electrons. The molecule has 0 spiro atoms. The number of nitrogens with zero attached hydrogens (tertiary/aromatic N) is 5. The van der Waals surface area contributed by atoms with E-state index in [0.29, 0.717) is 11.2 Å². The quantitative estimate of drug-likeness (QED) is 0.313. The van der Waals surface area contributed by atoms with Gasteiger partial charge in [-0.1, -0.05) is 24.6 Å². The molecule has 0 aliphatic carbocycles. The monoisotopic (exact) mass is 455 g/mol. The Morgan fingerprint density at radius 3 is 2.41 bits per heavy atom. The van der Waals surface area contributed by atoms with Crippen molar-refractivity contribution in [2.75, 3.05) is 19.6 Å². The van der Waals surface area contributed by atoms with E-state index >= 15 is 0 Å². The molecule has 5 rings (SSSR count). The lowest BCUT2D eigenvalue weighted by molar-refractivity contribution is -0.384. The molecule has 1 fully saturated rings. The van der Waals surface area contributed by atoms with Crippen LogP contribution in [0.3, 0.4) is 0 Å². The van der Waals surface area contributed by atoms with Crippen LogP contribution in [-0.4, -0.2) is 38.6 Å². The van der Waals surface area contributed by atoms with Crippen LogP contribution in [0.2, 0.25) is 0 Å². The Morgan fingerprint density at radius 2 is 1.71 bits per heavy atom. The summed E-state index contributed by atoms with van der Waals surface area (Å²) in [4.78, 5) is 26.4. The minimum atomic E-state index is -0.470. The molecule has 1 saturated heterocycles. The molecule has 4 aromatic rings. The first kappa shape index (κ1) is 21.9. The zero-order valence-electron chi connectivity index (χ0n) is 18.8. The average Bonchev–Trinajstić information content (AvgIpc) is 3.17. The van der Waals surface area contributed by atoms with Crippen molar-refractivity contribution in [2.24, 2.45) is 0 Å². The number of non-ortho nitro benzene ring substituents is 1. The molecular weight excluding hydrogens is 430 g/mol. The average molecular weight is 456 g/mol. The van der Waals surface area contributed by atoms with E-state index < -0.39 is 10.5 Å². The number of likely N-dealkylation sites (tertiary alicyclic amines) is 1. The molecule has 1 aliphatic heterocycles. The molecule has 0 unspecified atom stereocenters. The third-order valence-corrected chi connectivity index (χ3v) is 6.67. The highest BCUT2D eigenvalue weighted by molar-refractivity contribution is 6.07. The Kier molecular flexibility index (Phi) is 5.86. The Hall–Kier alpha value is -3.96. The van der Waals surface area contributed by atoms with Crippen LogP contribution in [0.4, 0.5) is 5.69 Å². The number of fused-ring (bicyclic) bond motifs is 3. The largest absolute Gasteiger partial charge is 0.339 e. The van der Waals surface area contributed by atoms with E-state index in [1.807, 2.05) is 30.3 Å². The summed E-state index contributed by atoms with van der Waals surface area (Å²) in [6.45, 7) is 4.07. The van der Waals surface area contributed by atoms with E-state index in [9.17, 15) is 20.2 Å². The van der Waals surface area contributed by atoms with E-state index in [1.54, 1.807) is 18.2 Å². The SMILES string of the molecule is N#Cc1cc2c(c3ccccc3n2CCCN2CCCCC2)n(-c2ccc([N+](=O)[O-])cc2)c1=O. The van der Waals surface area contributed by atoms with Gasteiger partial charge in [0, 0.05) is 29.8 Å². The first-order valence-corrected chi connectivity index (χ1v) is 11.6. The number of hydrogen-bond acceptors (Lipinski definition) is 5. The molecule has 2 aromatic heterocycles. The first-order valence-electron chi connectivity index (χ1n) is 11.6. The van der Waals surface area contributed by atoms with Crippen LogP contribution >= 0.6 is 0 Å². The van der Waals surface area contributed by atoms with Gasteiger partial charge in [-0.15, -0.1) is 0 Å². The number of aromatic nitrogens is 2. The molecule has 172 valence electrons. The molecule has 0 bridgehead atoms. The predicted octanol–water partition coefficient (Wildman–Crippen LogP) is 4.60. The summed E-state index contributed by atoms with van der Waals surface area (Å²) in [6, 6.07) is 17.5. The van der Waals surface area contributed by atoms with Crippen LogP contribution < -0.4 is 5.56 Å². The highest BCUT2D eigenvalue weighted by atomic mass is 16.6. The van der Waals surface area contributed by atoms with E-state index in [2.05, 4.69) is 9.47 Å². The number of rotatable bonds is 6. The van der Waals surface area contributed by atoms with Gasteiger partial charge in [-0.3, -0.25) is 19.5 Å². The standard InChI is InChI=1S/C26H25N5O3/c27-18-19-17-24-25(30(26(19)32)20-9-11-21(12-10-20)31(33)34)22-7-2-3-8-23(22)29(24)16-6-15-28-13-4-1-5-14-28/h2-3,7-12,17H,1,4-6,13-16H2. The van der Waals surface area contributed by atoms with Crippen LogP contribution in [0.5, 0.6) is 0 Å². The Bertz CT molecular complexity index is 1470. The van der Waals surface area contributed by atoms with Crippen molar-refractivity contribution in [3.63, 3.8) is 0 Å². The van der Waals surface area contributed by atoms with Crippen molar-refractivity contribution >= 4 is 27.6 Å². The molecule has 0 saturated carbocycles. The predicted molar refractivity (Wildman–Crippen MR) is 131 cm³/mol. The number of aryl methyl sites for hydroxylation is 1. The summed E-state index contributed by atoms with van der Waals surface area (Å²) in [6.07, 6.45) is 4.78. The molecule has 2 aromatic carbocycles. The van der Waals surface area contributed by atoms with Crippen molar-refractivity contribution in [1.29, 1.82) is 5.26 Å². The summed E-state index contributed by atoms with van der Waals surface area (Å²) in [5.41, 5.74) is 2.59. The Labute approximate surface area is 196 Å². The van der Waals surface area contributed by atoms with Crippen LogP contribution in [0.25, 0.3) is 27.6 Å². The maximum absolute atomic E-state index is 13.3. The summed E-state index contributed by atoms with van der Waals surface area (Å²) in [5.74, 6) is 0. The number of benzene rings is 2. The lowest BCUT2D eigenvalue weighted by Crippen LogP contribution is -2.31. The van der Waals surface area contributed by atoms with Crippen molar-refractivity contribution in [3.8, 4) is 11.8 Å². The molecule has 8 heteroatoms. The molecule has 1 aliphatic rings. The normalized spacial score (nSPS) is 14.4. The number of piperidine rings is 1. The van der Waals surface area contributed by atoms with Gasteiger partial charge < -0.3 is 9.47 Å². The fourth-order valence-corrected chi connectivity index (χ4v) is 5.03. The zero-order chi connectivity index (χ0) is 23.7. The zero-order valence-corrected chi connectivity index (χ0v) is 18.8. The van der Waals surface area contributed by atoms with Gasteiger partial charge in [-0.05, 0) is 63.2 Å². The van der Waals surface area contributed by atoms with E-state index in [0.717, 1.165) is 49.0 Å². The molecule has 0 amide bonds. The maximum atomic E-state index is 13.3. The van der Waals surface area contributed by atoms with Crippen molar-refractivity contribution in [1.82, 2.24) is 14.0 Å². The fourth-order valence-electron chi connectivity index (χ4n) is 5.03. The number of nitriles is 1. The third kappa shape index (κ3) is 3.84. The van der Waals surface area contributed by atoms with E-state index in [4.69, 9.17) is 0 Å². The second-order valence-corrected chi connectivity index (χ2v) is 8.74. The molecule has 0 N–H and O–H groups in total. The fraction of sp³-hybridized carbons (Fsp3) is 0.308. The minimum Gasteiger partial charge on any atom is -0.339 e. The lowest BCUT2D eigenvalue weighted by Gasteiger charge is -2.26. The summed E-state index contributed by atoms with van der Waals surface area (Å²) >= 11 is 0. The number of nitro groups is 1. The Balaban J connectivity index is 1.66. The summed E-state index contributed by atoms with van der Waals surface area (Å²) < 4.78 is 3.71. The topological polar surface area (TPSA) is 97.1 Å². The number of pyridine rings is 1. The van der Waals surface area contributed by atoms with E-state index in [1.165, 1.54) is 36.0 Å².